The van der Waals surface area contributed by atoms with Crippen molar-refractivity contribution >= 4 is 0 Å². The first kappa shape index (κ1) is 13.7. The third-order valence-corrected chi connectivity index (χ3v) is 2.86. The summed E-state index contributed by atoms with van der Waals surface area (Å²) in [7, 11) is 2.89. The van der Waals surface area contributed by atoms with Crippen LogP contribution in [0.1, 0.15) is 25.0 Å². The van der Waals surface area contributed by atoms with Crippen LogP contribution in [0.4, 0.5) is 8.78 Å². The van der Waals surface area contributed by atoms with Gasteiger partial charge in [0.15, 0.2) is 0 Å². The van der Waals surface area contributed by atoms with Gasteiger partial charge in [0.2, 0.25) is 0 Å². The largest absolute Gasteiger partial charge is 0.496 e. The SMILES string of the molecule is COc1ccc(C(F)(F)C(C)C)c(OC)c1C. The van der Waals surface area contributed by atoms with Crippen LogP contribution in [0.15, 0.2) is 12.1 Å². The third-order valence-electron chi connectivity index (χ3n) is 2.86. The number of benzene rings is 1. The molecule has 0 heterocycles. The second kappa shape index (κ2) is 4.90. The molecular formula is C13H18F2O2. The molecule has 0 spiro atoms. The molecule has 0 saturated heterocycles. The van der Waals surface area contributed by atoms with Crippen LogP contribution in [0.5, 0.6) is 11.5 Å². The summed E-state index contributed by atoms with van der Waals surface area (Å²) in [5, 5.41) is 0. The minimum Gasteiger partial charge on any atom is -0.496 e. The fourth-order valence-electron chi connectivity index (χ4n) is 1.73. The van der Waals surface area contributed by atoms with E-state index in [2.05, 4.69) is 0 Å². The molecule has 0 fully saturated rings. The molecule has 1 aromatic rings. The molecular weight excluding hydrogens is 226 g/mol. The van der Waals surface area contributed by atoms with Gasteiger partial charge in [0.25, 0.3) is 5.92 Å². The van der Waals surface area contributed by atoms with Crippen molar-refractivity contribution in [2.75, 3.05) is 14.2 Å². The molecule has 0 unspecified atom stereocenters. The van der Waals surface area contributed by atoms with E-state index in [1.807, 2.05) is 0 Å². The molecule has 0 N–H and O–H groups in total. The van der Waals surface area contributed by atoms with Crippen LogP contribution in [0.2, 0.25) is 0 Å². The molecule has 4 heteroatoms. The zero-order valence-corrected chi connectivity index (χ0v) is 10.8. The summed E-state index contributed by atoms with van der Waals surface area (Å²) in [6.45, 7) is 4.68. The Balaban J connectivity index is 3.40. The van der Waals surface area contributed by atoms with Crippen LogP contribution >= 0.6 is 0 Å². The molecule has 17 heavy (non-hydrogen) atoms. The highest BCUT2D eigenvalue weighted by Crippen LogP contribution is 2.44. The van der Waals surface area contributed by atoms with Gasteiger partial charge in [-0.3, -0.25) is 0 Å². The lowest BCUT2D eigenvalue weighted by molar-refractivity contribution is -0.0531. The number of hydrogen-bond acceptors (Lipinski definition) is 2. The van der Waals surface area contributed by atoms with Crippen molar-refractivity contribution in [1.29, 1.82) is 0 Å². The van der Waals surface area contributed by atoms with Gasteiger partial charge in [0.1, 0.15) is 11.5 Å². The van der Waals surface area contributed by atoms with Gasteiger partial charge in [-0.15, -0.1) is 0 Å². The first-order valence-electron chi connectivity index (χ1n) is 5.46. The Bertz CT molecular complexity index is 401. The third kappa shape index (κ3) is 2.35. The first-order valence-corrected chi connectivity index (χ1v) is 5.46. The molecule has 0 aromatic heterocycles. The molecule has 0 saturated carbocycles. The number of alkyl halides is 2. The summed E-state index contributed by atoms with van der Waals surface area (Å²) in [6, 6.07) is 2.91. The lowest BCUT2D eigenvalue weighted by Gasteiger charge is -2.24. The molecule has 0 amide bonds. The summed E-state index contributed by atoms with van der Waals surface area (Å²) in [5.74, 6) is -2.96. The molecule has 0 atom stereocenters. The van der Waals surface area contributed by atoms with Gasteiger partial charge in [-0.2, -0.15) is 0 Å². The van der Waals surface area contributed by atoms with Crippen molar-refractivity contribution in [3.63, 3.8) is 0 Å². The van der Waals surface area contributed by atoms with Crippen molar-refractivity contribution < 1.29 is 18.3 Å². The Morgan fingerprint density at radius 1 is 1.12 bits per heavy atom. The van der Waals surface area contributed by atoms with Gasteiger partial charge >= 0.3 is 0 Å². The highest BCUT2D eigenvalue weighted by atomic mass is 19.3. The smallest absolute Gasteiger partial charge is 0.279 e. The number of hydrogen-bond donors (Lipinski definition) is 0. The van der Waals surface area contributed by atoms with Gasteiger partial charge in [0, 0.05) is 11.5 Å². The van der Waals surface area contributed by atoms with Crippen molar-refractivity contribution in [3.05, 3.63) is 23.3 Å². The summed E-state index contributed by atoms with van der Waals surface area (Å²) in [6.07, 6.45) is 0. The van der Waals surface area contributed by atoms with E-state index in [4.69, 9.17) is 9.47 Å². The molecule has 1 rings (SSSR count). The number of rotatable bonds is 4. The van der Waals surface area contributed by atoms with E-state index in [1.165, 1.54) is 34.1 Å². The Hall–Kier alpha value is -1.32. The van der Waals surface area contributed by atoms with Crippen LogP contribution in [0.25, 0.3) is 0 Å². The zero-order chi connectivity index (χ0) is 13.2. The average Bonchev–Trinajstić information content (AvgIpc) is 2.28. The van der Waals surface area contributed by atoms with Crippen molar-refractivity contribution in [1.82, 2.24) is 0 Å². The van der Waals surface area contributed by atoms with Crippen LogP contribution in [0, 0.1) is 12.8 Å². The predicted molar refractivity (Wildman–Crippen MR) is 63.0 cm³/mol. The number of halogens is 2. The van der Waals surface area contributed by atoms with Gasteiger partial charge in [-0.25, -0.2) is 8.78 Å². The first-order chi connectivity index (χ1) is 7.86. The zero-order valence-electron chi connectivity index (χ0n) is 10.8. The van der Waals surface area contributed by atoms with E-state index in [0.29, 0.717) is 11.3 Å². The Labute approximate surface area is 101 Å². The van der Waals surface area contributed by atoms with Crippen molar-refractivity contribution in [2.24, 2.45) is 5.92 Å². The van der Waals surface area contributed by atoms with Crippen molar-refractivity contribution in [3.8, 4) is 11.5 Å². The molecule has 0 aliphatic carbocycles. The minimum atomic E-state index is -2.91. The van der Waals surface area contributed by atoms with E-state index in [1.54, 1.807) is 13.0 Å². The topological polar surface area (TPSA) is 18.5 Å². The molecule has 0 aliphatic rings. The lowest BCUT2D eigenvalue weighted by atomic mass is 9.95. The molecule has 0 bridgehead atoms. The molecule has 0 aliphatic heterocycles. The Kier molecular flexibility index (Phi) is 3.96. The highest BCUT2D eigenvalue weighted by molar-refractivity contribution is 5.51. The summed E-state index contributed by atoms with van der Waals surface area (Å²) in [5.41, 5.74) is 0.501. The summed E-state index contributed by atoms with van der Waals surface area (Å²) in [4.78, 5) is 0. The molecule has 2 nitrogen and oxygen atoms in total. The van der Waals surface area contributed by atoms with E-state index < -0.39 is 11.8 Å². The predicted octanol–water partition coefficient (Wildman–Crippen LogP) is 3.76. The van der Waals surface area contributed by atoms with Crippen LogP contribution < -0.4 is 9.47 Å². The van der Waals surface area contributed by atoms with Gasteiger partial charge in [-0.1, -0.05) is 13.8 Å². The maximum Gasteiger partial charge on any atom is 0.279 e. The number of ether oxygens (including phenoxy) is 2. The fraction of sp³-hybridized carbons (Fsp3) is 0.538. The van der Waals surface area contributed by atoms with Crippen molar-refractivity contribution in [2.45, 2.75) is 26.7 Å². The quantitative estimate of drug-likeness (QED) is 0.802. The monoisotopic (exact) mass is 244 g/mol. The average molecular weight is 244 g/mol. The standard InChI is InChI=1S/C13H18F2O2/c1-8(2)13(14,15)10-6-7-11(16-4)9(3)12(10)17-5/h6-8H,1-5H3. The Morgan fingerprint density at radius 3 is 2.12 bits per heavy atom. The van der Waals surface area contributed by atoms with Gasteiger partial charge in [0.05, 0.1) is 19.8 Å². The summed E-state index contributed by atoms with van der Waals surface area (Å²) >= 11 is 0. The van der Waals surface area contributed by atoms with Crippen LogP contribution in [0.3, 0.4) is 0 Å². The Morgan fingerprint density at radius 2 is 1.71 bits per heavy atom. The second-order valence-electron chi connectivity index (χ2n) is 4.25. The minimum absolute atomic E-state index is 0.0895. The highest BCUT2D eigenvalue weighted by Gasteiger charge is 2.39. The lowest BCUT2D eigenvalue weighted by Crippen LogP contribution is -2.22. The normalized spacial score (nSPS) is 11.8. The van der Waals surface area contributed by atoms with E-state index in [0.717, 1.165) is 0 Å². The van der Waals surface area contributed by atoms with E-state index in [-0.39, 0.29) is 11.3 Å². The van der Waals surface area contributed by atoms with Crippen LogP contribution in [-0.2, 0) is 5.92 Å². The molecule has 0 radical (unpaired) electrons. The maximum atomic E-state index is 14.0. The second-order valence-corrected chi connectivity index (χ2v) is 4.25. The van der Waals surface area contributed by atoms with Gasteiger partial charge < -0.3 is 9.47 Å². The maximum absolute atomic E-state index is 14.0. The molecule has 1 aromatic carbocycles. The summed E-state index contributed by atoms with van der Waals surface area (Å²) < 4.78 is 38.2. The fourth-order valence-corrected chi connectivity index (χ4v) is 1.73. The van der Waals surface area contributed by atoms with Crippen LogP contribution in [-0.4, -0.2) is 14.2 Å². The van der Waals surface area contributed by atoms with E-state index >= 15 is 0 Å². The molecule has 96 valence electrons. The van der Waals surface area contributed by atoms with E-state index in [9.17, 15) is 8.78 Å². The van der Waals surface area contributed by atoms with Gasteiger partial charge in [-0.05, 0) is 19.1 Å². The number of methoxy groups -OCH3 is 2.